The molecule has 1 aromatic carbocycles. The summed E-state index contributed by atoms with van der Waals surface area (Å²) in [5, 5.41) is 11.1. The fourth-order valence-corrected chi connectivity index (χ4v) is 3.24. The zero-order valence-electron chi connectivity index (χ0n) is 13.1. The van der Waals surface area contributed by atoms with Crippen molar-refractivity contribution in [3.63, 3.8) is 0 Å². The number of halogens is 1. The number of hydrogen-bond donors (Lipinski definition) is 1. The maximum absolute atomic E-state index is 13.5. The third-order valence-corrected chi connectivity index (χ3v) is 4.58. The molecule has 7 heteroatoms. The number of rotatable bonds is 6. The molecule has 0 spiro atoms. The molecule has 24 heavy (non-hydrogen) atoms. The molecule has 3 aromatic rings. The Morgan fingerprint density at radius 2 is 2.04 bits per heavy atom. The number of thioether (sulfide) groups is 1. The Bertz CT molecular complexity index is 851. The quantitative estimate of drug-likeness (QED) is 0.698. The molecule has 0 aliphatic heterocycles. The van der Waals surface area contributed by atoms with Gasteiger partial charge < -0.3 is 5.32 Å². The van der Waals surface area contributed by atoms with Gasteiger partial charge in [0.1, 0.15) is 5.82 Å². The Morgan fingerprint density at radius 1 is 1.25 bits per heavy atom. The number of benzene rings is 1. The van der Waals surface area contributed by atoms with Crippen molar-refractivity contribution in [3.05, 3.63) is 60.3 Å². The van der Waals surface area contributed by atoms with Gasteiger partial charge in [-0.15, -0.1) is 22.0 Å². The van der Waals surface area contributed by atoms with Crippen LogP contribution in [-0.2, 0) is 4.79 Å². The zero-order chi connectivity index (χ0) is 16.9. The Hall–Kier alpha value is -2.41. The van der Waals surface area contributed by atoms with Crippen LogP contribution in [0, 0.1) is 5.82 Å². The molecule has 1 N–H and O–H groups in total. The Balaban J connectivity index is 1.54. The van der Waals surface area contributed by atoms with Crippen LogP contribution < -0.4 is 5.32 Å². The maximum Gasteiger partial charge on any atom is 0.221 e. The number of carbonyl (C=O) groups is 1. The zero-order valence-corrected chi connectivity index (χ0v) is 14.0. The van der Waals surface area contributed by atoms with Gasteiger partial charge in [0.25, 0.3) is 0 Å². The summed E-state index contributed by atoms with van der Waals surface area (Å²) in [5.74, 6) is 0.839. The number of fused-ring (bicyclic) bond motifs is 1. The van der Waals surface area contributed by atoms with Crippen molar-refractivity contribution in [2.24, 2.45) is 0 Å². The molecule has 0 aliphatic carbocycles. The fourth-order valence-electron chi connectivity index (χ4n) is 2.35. The second-order valence-electron chi connectivity index (χ2n) is 5.31. The van der Waals surface area contributed by atoms with Crippen LogP contribution in [0.3, 0.4) is 0 Å². The van der Waals surface area contributed by atoms with E-state index in [1.165, 1.54) is 17.8 Å². The van der Waals surface area contributed by atoms with Crippen molar-refractivity contribution in [3.8, 4) is 0 Å². The molecule has 0 fully saturated rings. The van der Waals surface area contributed by atoms with E-state index in [-0.39, 0.29) is 17.8 Å². The van der Waals surface area contributed by atoms with Gasteiger partial charge in [-0.1, -0.05) is 18.2 Å². The molecule has 124 valence electrons. The first kappa shape index (κ1) is 16.4. The summed E-state index contributed by atoms with van der Waals surface area (Å²) in [6.07, 6.45) is 2.17. The summed E-state index contributed by atoms with van der Waals surface area (Å²) in [6.45, 7) is 1.87. The van der Waals surface area contributed by atoms with E-state index in [0.717, 1.165) is 5.65 Å². The first-order valence-electron chi connectivity index (χ1n) is 7.61. The van der Waals surface area contributed by atoms with Gasteiger partial charge >= 0.3 is 0 Å². The van der Waals surface area contributed by atoms with Crippen molar-refractivity contribution in [2.45, 2.75) is 24.3 Å². The number of nitrogens with zero attached hydrogens (tertiary/aromatic N) is 3. The maximum atomic E-state index is 13.5. The molecule has 3 rings (SSSR count). The number of nitrogens with one attached hydrogen (secondary N) is 1. The standard InChI is InChI=1S/C17H17FN4OS/c1-12(17-21-20-15-8-4-5-10-22(15)17)19-16(23)9-11-24-14-7-3-2-6-13(14)18/h2-8,10,12H,9,11H2,1H3,(H,19,23). The fraction of sp³-hybridized carbons (Fsp3) is 0.235. The highest BCUT2D eigenvalue weighted by Crippen LogP contribution is 2.22. The average Bonchev–Trinajstić information content (AvgIpc) is 3.01. The monoisotopic (exact) mass is 344 g/mol. The second-order valence-corrected chi connectivity index (χ2v) is 6.44. The molecule has 0 aliphatic rings. The van der Waals surface area contributed by atoms with Crippen molar-refractivity contribution < 1.29 is 9.18 Å². The van der Waals surface area contributed by atoms with Gasteiger partial charge in [-0.25, -0.2) is 4.39 Å². The lowest BCUT2D eigenvalue weighted by atomic mass is 10.3. The molecule has 2 aromatic heterocycles. The van der Waals surface area contributed by atoms with Gasteiger partial charge in [0.2, 0.25) is 5.91 Å². The lowest BCUT2D eigenvalue weighted by molar-refractivity contribution is -0.121. The van der Waals surface area contributed by atoms with Crippen LogP contribution in [0.15, 0.2) is 53.6 Å². The summed E-state index contributed by atoms with van der Waals surface area (Å²) in [4.78, 5) is 12.6. The first-order valence-corrected chi connectivity index (χ1v) is 8.60. The molecule has 5 nitrogen and oxygen atoms in total. The third kappa shape index (κ3) is 3.73. The van der Waals surface area contributed by atoms with E-state index in [4.69, 9.17) is 0 Å². The van der Waals surface area contributed by atoms with Gasteiger partial charge in [-0.3, -0.25) is 9.20 Å². The Labute approximate surface area is 143 Å². The van der Waals surface area contributed by atoms with Crippen molar-refractivity contribution in [2.75, 3.05) is 5.75 Å². The molecule has 1 unspecified atom stereocenters. The lowest BCUT2D eigenvalue weighted by Gasteiger charge is -2.12. The summed E-state index contributed by atoms with van der Waals surface area (Å²) >= 11 is 1.33. The van der Waals surface area contributed by atoms with Crippen LogP contribution in [0.5, 0.6) is 0 Å². The van der Waals surface area contributed by atoms with Crippen molar-refractivity contribution in [1.29, 1.82) is 0 Å². The molecule has 1 amide bonds. The van der Waals surface area contributed by atoms with Crippen molar-refractivity contribution in [1.82, 2.24) is 19.9 Å². The molecule has 0 saturated heterocycles. The molecule has 0 radical (unpaired) electrons. The van der Waals surface area contributed by atoms with Crippen LogP contribution in [0.25, 0.3) is 5.65 Å². The minimum Gasteiger partial charge on any atom is -0.346 e. The number of aromatic nitrogens is 3. The third-order valence-electron chi connectivity index (χ3n) is 3.53. The minimum atomic E-state index is -0.258. The molecule has 0 saturated carbocycles. The van der Waals surface area contributed by atoms with Gasteiger partial charge in [0.15, 0.2) is 11.5 Å². The average molecular weight is 344 g/mol. The van der Waals surface area contributed by atoms with E-state index in [0.29, 0.717) is 22.9 Å². The van der Waals surface area contributed by atoms with Crippen LogP contribution in [0.2, 0.25) is 0 Å². The van der Waals surface area contributed by atoms with Gasteiger partial charge in [-0.2, -0.15) is 0 Å². The van der Waals surface area contributed by atoms with Crippen LogP contribution in [0.4, 0.5) is 4.39 Å². The van der Waals surface area contributed by atoms with E-state index >= 15 is 0 Å². The summed E-state index contributed by atoms with van der Waals surface area (Å²) in [6, 6.07) is 11.9. The van der Waals surface area contributed by atoms with Crippen LogP contribution >= 0.6 is 11.8 Å². The predicted molar refractivity (Wildman–Crippen MR) is 91.3 cm³/mol. The Morgan fingerprint density at radius 3 is 2.88 bits per heavy atom. The number of pyridine rings is 1. The van der Waals surface area contributed by atoms with E-state index in [1.54, 1.807) is 18.2 Å². The highest BCUT2D eigenvalue weighted by atomic mass is 32.2. The number of carbonyl (C=O) groups excluding carboxylic acids is 1. The summed E-state index contributed by atoms with van der Waals surface area (Å²) in [7, 11) is 0. The smallest absolute Gasteiger partial charge is 0.221 e. The molecule has 1 atom stereocenters. The lowest BCUT2D eigenvalue weighted by Crippen LogP contribution is -2.28. The first-order chi connectivity index (χ1) is 11.6. The Kier molecular flexibility index (Phi) is 5.10. The van der Waals surface area contributed by atoms with E-state index in [2.05, 4.69) is 15.5 Å². The highest BCUT2D eigenvalue weighted by molar-refractivity contribution is 7.99. The highest BCUT2D eigenvalue weighted by Gasteiger charge is 2.15. The topological polar surface area (TPSA) is 59.3 Å². The molecular formula is C17H17FN4OS. The largest absolute Gasteiger partial charge is 0.346 e. The van der Waals surface area contributed by atoms with Gasteiger partial charge in [-0.05, 0) is 31.2 Å². The van der Waals surface area contributed by atoms with Crippen molar-refractivity contribution >= 4 is 23.3 Å². The van der Waals surface area contributed by atoms with Crippen LogP contribution in [0.1, 0.15) is 25.2 Å². The van der Waals surface area contributed by atoms with E-state index in [9.17, 15) is 9.18 Å². The normalized spacial score (nSPS) is 12.2. The SMILES string of the molecule is CC(NC(=O)CCSc1ccccc1F)c1nnc2ccccn12. The molecule has 2 heterocycles. The summed E-state index contributed by atoms with van der Waals surface area (Å²) in [5.41, 5.74) is 0.740. The van der Waals surface area contributed by atoms with Gasteiger partial charge in [0.05, 0.1) is 6.04 Å². The number of amides is 1. The second kappa shape index (κ2) is 7.44. The van der Waals surface area contributed by atoms with Crippen LogP contribution in [-0.4, -0.2) is 26.3 Å². The van der Waals surface area contributed by atoms with E-state index < -0.39 is 0 Å². The number of hydrogen-bond acceptors (Lipinski definition) is 4. The molecule has 0 bridgehead atoms. The summed E-state index contributed by atoms with van der Waals surface area (Å²) < 4.78 is 15.4. The molecular weight excluding hydrogens is 327 g/mol. The van der Waals surface area contributed by atoms with E-state index in [1.807, 2.05) is 35.7 Å². The van der Waals surface area contributed by atoms with Gasteiger partial charge in [0, 0.05) is 23.3 Å². The minimum absolute atomic E-state index is 0.0981. The predicted octanol–water partition coefficient (Wildman–Crippen LogP) is 3.23.